The zero-order valence-electron chi connectivity index (χ0n) is 11.3. The molecule has 0 aliphatic heterocycles. The maximum atomic E-state index is 13.4. The first-order valence-corrected chi connectivity index (χ1v) is 5.81. The van der Waals surface area contributed by atoms with E-state index in [9.17, 15) is 22.4 Å². The number of hydrogen-bond acceptors (Lipinski definition) is 3. The normalized spacial score (nSPS) is 12.2. The lowest BCUT2D eigenvalue weighted by atomic mass is 10.2. The average molecular weight is 293 g/mol. The predicted molar refractivity (Wildman–Crippen MR) is 65.7 cm³/mol. The zero-order valence-corrected chi connectivity index (χ0v) is 11.3. The molecular formula is C13H15F4NO2. The van der Waals surface area contributed by atoms with E-state index in [2.05, 4.69) is 5.32 Å². The number of anilines is 1. The molecule has 0 heterocycles. The summed E-state index contributed by atoms with van der Waals surface area (Å²) in [7, 11) is 0. The molecule has 0 aliphatic rings. The Kier molecular flexibility index (Phi) is 4.62. The van der Waals surface area contributed by atoms with Crippen LogP contribution in [0.1, 0.15) is 26.3 Å². The Labute approximate surface area is 113 Å². The van der Waals surface area contributed by atoms with Gasteiger partial charge in [-0.05, 0) is 39.0 Å². The number of hydrogen-bond donors (Lipinski definition) is 1. The molecule has 0 fully saturated rings. The second kappa shape index (κ2) is 5.68. The summed E-state index contributed by atoms with van der Waals surface area (Å²) < 4.78 is 55.8. The highest BCUT2D eigenvalue weighted by atomic mass is 19.4. The van der Waals surface area contributed by atoms with Gasteiger partial charge in [0.2, 0.25) is 0 Å². The molecule has 1 rings (SSSR count). The highest BCUT2D eigenvalue weighted by Crippen LogP contribution is 2.31. The van der Waals surface area contributed by atoms with Gasteiger partial charge in [-0.3, -0.25) is 4.79 Å². The Bertz CT molecular complexity index is 492. The van der Waals surface area contributed by atoms with Crippen LogP contribution >= 0.6 is 0 Å². The molecule has 0 radical (unpaired) electrons. The van der Waals surface area contributed by atoms with Crippen LogP contribution in [0.25, 0.3) is 0 Å². The highest BCUT2D eigenvalue weighted by Gasteiger charge is 2.31. The quantitative estimate of drug-likeness (QED) is 0.683. The lowest BCUT2D eigenvalue weighted by Crippen LogP contribution is -2.28. The largest absolute Gasteiger partial charge is 0.459 e. The molecule has 1 aromatic rings. The Morgan fingerprint density at radius 1 is 1.25 bits per heavy atom. The maximum absolute atomic E-state index is 13.4. The molecule has 1 N–H and O–H groups in total. The van der Waals surface area contributed by atoms with Crippen LogP contribution in [0.5, 0.6) is 0 Å². The van der Waals surface area contributed by atoms with Crippen LogP contribution < -0.4 is 5.32 Å². The molecule has 0 saturated heterocycles. The van der Waals surface area contributed by atoms with Gasteiger partial charge in [0.1, 0.15) is 18.0 Å². The standard InChI is InChI=1S/C13H15F4NO2/c1-12(2,3)20-11(19)7-18-10-6-8(13(15,16)17)4-5-9(10)14/h4-6,18H,7H2,1-3H3. The minimum Gasteiger partial charge on any atom is -0.459 e. The number of benzene rings is 1. The number of nitrogens with one attached hydrogen (secondary N) is 1. The average Bonchev–Trinajstić information content (AvgIpc) is 2.24. The summed E-state index contributed by atoms with van der Waals surface area (Å²) in [6, 6.07) is 1.94. The maximum Gasteiger partial charge on any atom is 0.416 e. The first-order valence-electron chi connectivity index (χ1n) is 5.81. The number of carbonyl (C=O) groups excluding carboxylic acids is 1. The third-order valence-electron chi connectivity index (χ3n) is 2.14. The lowest BCUT2D eigenvalue weighted by molar-refractivity contribution is -0.152. The summed E-state index contributed by atoms with van der Waals surface area (Å²) in [4.78, 5) is 11.4. The van der Waals surface area contributed by atoms with Crippen LogP contribution in [0.2, 0.25) is 0 Å². The fourth-order valence-electron chi connectivity index (χ4n) is 1.38. The fourth-order valence-corrected chi connectivity index (χ4v) is 1.38. The molecule has 7 heteroatoms. The van der Waals surface area contributed by atoms with E-state index in [4.69, 9.17) is 4.74 Å². The van der Waals surface area contributed by atoms with Crippen molar-refractivity contribution in [2.75, 3.05) is 11.9 Å². The predicted octanol–water partition coefficient (Wildman–Crippen LogP) is 3.60. The summed E-state index contributed by atoms with van der Waals surface area (Å²) >= 11 is 0. The van der Waals surface area contributed by atoms with Crippen molar-refractivity contribution in [3.63, 3.8) is 0 Å². The number of halogens is 4. The number of ether oxygens (including phenoxy) is 1. The topological polar surface area (TPSA) is 38.3 Å². The number of rotatable bonds is 3. The summed E-state index contributed by atoms with van der Waals surface area (Å²) in [5.74, 6) is -1.56. The first kappa shape index (κ1) is 16.3. The van der Waals surface area contributed by atoms with E-state index >= 15 is 0 Å². The van der Waals surface area contributed by atoms with Crippen molar-refractivity contribution in [3.05, 3.63) is 29.6 Å². The highest BCUT2D eigenvalue weighted by molar-refractivity contribution is 5.75. The third-order valence-corrected chi connectivity index (χ3v) is 2.14. The van der Waals surface area contributed by atoms with E-state index in [1.54, 1.807) is 20.8 Å². The zero-order chi connectivity index (χ0) is 15.6. The van der Waals surface area contributed by atoms with Crippen molar-refractivity contribution in [2.45, 2.75) is 32.5 Å². The smallest absolute Gasteiger partial charge is 0.416 e. The van der Waals surface area contributed by atoms with Gasteiger partial charge in [-0.2, -0.15) is 13.2 Å². The number of carbonyl (C=O) groups is 1. The summed E-state index contributed by atoms with van der Waals surface area (Å²) in [5.41, 5.74) is -2.11. The lowest BCUT2D eigenvalue weighted by Gasteiger charge is -2.20. The Hall–Kier alpha value is -1.79. The first-order chi connectivity index (χ1) is 8.99. The number of alkyl halides is 3. The van der Waals surface area contributed by atoms with Gasteiger partial charge in [-0.25, -0.2) is 4.39 Å². The molecule has 0 bridgehead atoms. The van der Waals surface area contributed by atoms with Gasteiger partial charge >= 0.3 is 12.1 Å². The molecule has 0 saturated carbocycles. The molecule has 0 aliphatic carbocycles. The molecule has 112 valence electrons. The van der Waals surface area contributed by atoms with Gasteiger partial charge in [-0.1, -0.05) is 0 Å². The third kappa shape index (κ3) is 5.07. The van der Waals surface area contributed by atoms with Crippen molar-refractivity contribution in [1.82, 2.24) is 0 Å². The molecule has 1 aromatic carbocycles. The van der Waals surface area contributed by atoms with Gasteiger partial charge in [0, 0.05) is 0 Å². The van der Waals surface area contributed by atoms with E-state index in [1.165, 1.54) is 0 Å². The summed E-state index contributed by atoms with van der Waals surface area (Å²) in [6.07, 6.45) is -4.57. The molecule has 20 heavy (non-hydrogen) atoms. The van der Waals surface area contributed by atoms with E-state index < -0.39 is 41.4 Å². The minimum atomic E-state index is -4.57. The van der Waals surface area contributed by atoms with Crippen molar-refractivity contribution < 1.29 is 27.1 Å². The van der Waals surface area contributed by atoms with E-state index in [0.717, 1.165) is 0 Å². The van der Waals surface area contributed by atoms with Gasteiger partial charge in [0.25, 0.3) is 0 Å². The van der Waals surface area contributed by atoms with Crippen molar-refractivity contribution in [1.29, 1.82) is 0 Å². The molecule has 0 spiro atoms. The van der Waals surface area contributed by atoms with Crippen LogP contribution in [-0.2, 0) is 15.7 Å². The van der Waals surface area contributed by atoms with Gasteiger partial charge in [-0.15, -0.1) is 0 Å². The molecule has 0 atom stereocenters. The van der Waals surface area contributed by atoms with Crippen molar-refractivity contribution in [2.24, 2.45) is 0 Å². The Morgan fingerprint density at radius 2 is 1.85 bits per heavy atom. The monoisotopic (exact) mass is 293 g/mol. The Balaban J connectivity index is 2.75. The second-order valence-electron chi connectivity index (χ2n) is 5.13. The minimum absolute atomic E-state index is 0.398. The molecule has 0 unspecified atom stereocenters. The van der Waals surface area contributed by atoms with Crippen LogP contribution in [0.3, 0.4) is 0 Å². The Morgan fingerprint density at radius 3 is 2.35 bits per heavy atom. The van der Waals surface area contributed by atoms with Crippen molar-refractivity contribution >= 4 is 11.7 Å². The summed E-state index contributed by atoms with van der Waals surface area (Å²) in [6.45, 7) is 4.52. The number of esters is 1. The van der Waals surface area contributed by atoms with E-state index in [-0.39, 0.29) is 0 Å². The fraction of sp³-hybridized carbons (Fsp3) is 0.462. The molecule has 0 aromatic heterocycles. The second-order valence-corrected chi connectivity index (χ2v) is 5.13. The van der Waals surface area contributed by atoms with Crippen LogP contribution in [0, 0.1) is 5.82 Å². The molecule has 3 nitrogen and oxygen atoms in total. The molecular weight excluding hydrogens is 278 g/mol. The van der Waals surface area contributed by atoms with Gasteiger partial charge in [0.05, 0.1) is 11.3 Å². The van der Waals surface area contributed by atoms with Gasteiger partial charge < -0.3 is 10.1 Å². The van der Waals surface area contributed by atoms with E-state index in [0.29, 0.717) is 18.2 Å². The van der Waals surface area contributed by atoms with Gasteiger partial charge in [0.15, 0.2) is 0 Å². The van der Waals surface area contributed by atoms with Crippen LogP contribution in [0.15, 0.2) is 18.2 Å². The van der Waals surface area contributed by atoms with Crippen LogP contribution in [-0.4, -0.2) is 18.1 Å². The van der Waals surface area contributed by atoms with E-state index in [1.807, 2.05) is 0 Å². The van der Waals surface area contributed by atoms with Crippen LogP contribution in [0.4, 0.5) is 23.2 Å². The summed E-state index contributed by atoms with van der Waals surface area (Å²) in [5, 5.41) is 2.30. The van der Waals surface area contributed by atoms with Crippen molar-refractivity contribution in [3.8, 4) is 0 Å². The molecule has 0 amide bonds. The SMILES string of the molecule is CC(C)(C)OC(=O)CNc1cc(C(F)(F)F)ccc1F.